The molecule has 0 rings (SSSR count). The molecule has 0 saturated carbocycles. The third-order valence-corrected chi connectivity index (χ3v) is 0.596. The quantitative estimate of drug-likeness (QED) is 0.399. The fourth-order valence-electron chi connectivity index (χ4n) is 0.106. The normalized spacial score (nSPS) is 8.22. The van der Waals surface area contributed by atoms with E-state index in [2.05, 4.69) is 6.92 Å². The van der Waals surface area contributed by atoms with E-state index in [1.165, 1.54) is 0 Å². The van der Waals surface area contributed by atoms with Crippen LogP contribution in [0.3, 0.4) is 0 Å². The zero-order valence-electron chi connectivity index (χ0n) is 4.00. The van der Waals surface area contributed by atoms with Crippen molar-refractivity contribution >= 4 is 29.5 Å². The minimum absolute atomic E-state index is 0. The second-order valence-corrected chi connectivity index (χ2v) is 1.23. The second kappa shape index (κ2) is 4.37. The fourth-order valence-corrected chi connectivity index (χ4v) is 0.106. The third kappa shape index (κ3) is 4.02. The molecule has 0 aromatic carbocycles. The molecular weight excluding hydrogens is 185 g/mol. The first-order valence-corrected chi connectivity index (χ1v) is 1.84. The molecule has 1 radical (unpaired) electrons. The van der Waals surface area contributed by atoms with Crippen LogP contribution in [0, 0.1) is 12.8 Å². The van der Waals surface area contributed by atoms with Crippen molar-refractivity contribution in [3.8, 4) is 0 Å². The number of carbonyl (C=O) groups is 2. The summed E-state index contributed by atoms with van der Waals surface area (Å²) in [7, 11) is 0. The molecule has 9 heavy (non-hydrogen) atoms. The Hall–Kier alpha value is -0.517. The summed E-state index contributed by atoms with van der Waals surface area (Å²) >= 11 is 0. The van der Waals surface area contributed by atoms with Crippen molar-refractivity contribution in [2.45, 2.75) is 0 Å². The second-order valence-electron chi connectivity index (χ2n) is 1.23. The monoisotopic (exact) mass is 195 g/mol. The van der Waals surface area contributed by atoms with E-state index in [4.69, 9.17) is 10.2 Å². The van der Waals surface area contributed by atoms with Gasteiger partial charge in [0, 0.05) is 0 Å². The Labute approximate surface area is 62.8 Å². The van der Waals surface area contributed by atoms with E-state index in [1.54, 1.807) is 0 Å². The maximum atomic E-state index is 9.70. The summed E-state index contributed by atoms with van der Waals surface area (Å²) in [4.78, 5) is 19.4. The maximum absolute atomic E-state index is 9.70. The summed E-state index contributed by atoms with van der Waals surface area (Å²) in [5.74, 6) is -4.38. The number of carboxylic acids is 2. The predicted molar refractivity (Wildman–Crippen MR) is 35.5 cm³/mol. The molecule has 0 spiro atoms. The Morgan fingerprint density at radius 1 is 1.22 bits per heavy atom. The number of hydrogen-bond donors (Lipinski definition) is 2. The van der Waals surface area contributed by atoms with E-state index in [9.17, 15) is 9.59 Å². The van der Waals surface area contributed by atoms with Crippen LogP contribution in [-0.2, 0) is 9.59 Å². The first-order chi connectivity index (χ1) is 3.55. The summed E-state index contributed by atoms with van der Waals surface area (Å²) in [5.41, 5.74) is 0. The van der Waals surface area contributed by atoms with Crippen LogP contribution < -0.4 is 0 Å². The van der Waals surface area contributed by atoms with Crippen LogP contribution in [0.1, 0.15) is 0 Å². The van der Waals surface area contributed by atoms with E-state index < -0.39 is 17.9 Å². The molecule has 0 heterocycles. The van der Waals surface area contributed by atoms with Gasteiger partial charge in [0.25, 0.3) is 0 Å². The van der Waals surface area contributed by atoms with Gasteiger partial charge in [0.2, 0.25) is 0 Å². The molecule has 0 aromatic heterocycles. The van der Waals surface area contributed by atoms with Crippen molar-refractivity contribution in [1.29, 1.82) is 0 Å². The molecule has 0 aliphatic rings. The standard InChI is InChI=1S/C4H5O4.GeH4/c1-2(3(5)6)4(7)8;/h2H,1H2,(H,5,6)(H,7,8);1H4. The van der Waals surface area contributed by atoms with Gasteiger partial charge in [0.05, 0.1) is 0 Å². The first-order valence-electron chi connectivity index (χ1n) is 1.84. The Morgan fingerprint density at radius 2 is 1.44 bits per heavy atom. The summed E-state index contributed by atoms with van der Waals surface area (Å²) in [5, 5.41) is 15.8. The minimum atomic E-state index is -1.55. The summed E-state index contributed by atoms with van der Waals surface area (Å²) in [6.45, 7) is 2.84. The van der Waals surface area contributed by atoms with Gasteiger partial charge < -0.3 is 10.2 Å². The van der Waals surface area contributed by atoms with Crippen LogP contribution in [0.15, 0.2) is 0 Å². The van der Waals surface area contributed by atoms with Crippen LogP contribution in [-0.4, -0.2) is 39.7 Å². The van der Waals surface area contributed by atoms with Gasteiger partial charge in [-0.05, 0) is 6.92 Å². The van der Waals surface area contributed by atoms with Gasteiger partial charge in [-0.3, -0.25) is 9.59 Å². The van der Waals surface area contributed by atoms with Crippen molar-refractivity contribution in [2.75, 3.05) is 0 Å². The van der Waals surface area contributed by atoms with E-state index >= 15 is 0 Å². The number of hydrogen-bond acceptors (Lipinski definition) is 2. The Morgan fingerprint density at radius 3 is 1.44 bits per heavy atom. The first kappa shape index (κ1) is 11.3. The van der Waals surface area contributed by atoms with Gasteiger partial charge in [-0.2, -0.15) is 0 Å². The van der Waals surface area contributed by atoms with Crippen LogP contribution in [0.2, 0.25) is 0 Å². The Bertz CT molecular complexity index is 108. The van der Waals surface area contributed by atoms with Crippen molar-refractivity contribution in [3.63, 3.8) is 0 Å². The zero-order chi connectivity index (χ0) is 6.73. The SMILES string of the molecule is [CH2]C(C(=O)O)C(=O)O.[GeH4]. The molecule has 0 unspecified atom stereocenters. The van der Waals surface area contributed by atoms with Crippen molar-refractivity contribution < 1.29 is 19.8 Å². The zero-order valence-corrected chi connectivity index (χ0v) is 4.00. The van der Waals surface area contributed by atoms with Crippen LogP contribution >= 0.6 is 0 Å². The molecule has 4 nitrogen and oxygen atoms in total. The number of aliphatic carboxylic acids is 2. The topological polar surface area (TPSA) is 74.6 Å². The van der Waals surface area contributed by atoms with Gasteiger partial charge in [-0.15, -0.1) is 0 Å². The summed E-state index contributed by atoms with van der Waals surface area (Å²) in [6.07, 6.45) is 0. The molecule has 5 heteroatoms. The van der Waals surface area contributed by atoms with E-state index in [1.807, 2.05) is 0 Å². The predicted octanol–water partition coefficient (Wildman–Crippen LogP) is -1.85. The van der Waals surface area contributed by atoms with Gasteiger partial charge in [-0.1, -0.05) is 0 Å². The molecule has 0 aliphatic carbocycles. The van der Waals surface area contributed by atoms with Gasteiger partial charge in [0.15, 0.2) is 5.92 Å². The van der Waals surface area contributed by atoms with E-state index in [0.717, 1.165) is 0 Å². The van der Waals surface area contributed by atoms with Crippen LogP contribution in [0.5, 0.6) is 0 Å². The van der Waals surface area contributed by atoms with Gasteiger partial charge in [0.1, 0.15) is 0 Å². The molecule has 53 valence electrons. The molecule has 0 saturated heterocycles. The fraction of sp³-hybridized carbons (Fsp3) is 0.250. The Kier molecular flexibility index (Phi) is 5.49. The van der Waals surface area contributed by atoms with E-state index in [0.29, 0.717) is 0 Å². The number of rotatable bonds is 2. The molecule has 0 atom stereocenters. The average molecular weight is 194 g/mol. The molecular formula is C4H9GeO4. The summed E-state index contributed by atoms with van der Waals surface area (Å²) in [6, 6.07) is 0. The van der Waals surface area contributed by atoms with Crippen LogP contribution in [0.4, 0.5) is 0 Å². The molecule has 0 aromatic rings. The van der Waals surface area contributed by atoms with Crippen LogP contribution in [0.25, 0.3) is 0 Å². The Balaban J connectivity index is 0. The summed E-state index contributed by atoms with van der Waals surface area (Å²) < 4.78 is 0. The van der Waals surface area contributed by atoms with E-state index in [-0.39, 0.29) is 17.6 Å². The number of carboxylic acid groups (broad SMARTS) is 2. The third-order valence-electron chi connectivity index (χ3n) is 0.596. The molecule has 0 aliphatic heterocycles. The molecule has 0 amide bonds. The van der Waals surface area contributed by atoms with Gasteiger partial charge >= 0.3 is 29.5 Å². The molecule has 0 fully saturated rings. The molecule has 2 N–H and O–H groups in total. The van der Waals surface area contributed by atoms with Crippen molar-refractivity contribution in [1.82, 2.24) is 0 Å². The van der Waals surface area contributed by atoms with Crippen molar-refractivity contribution in [2.24, 2.45) is 5.92 Å². The van der Waals surface area contributed by atoms with Gasteiger partial charge in [-0.25, -0.2) is 0 Å². The van der Waals surface area contributed by atoms with Crippen molar-refractivity contribution in [3.05, 3.63) is 6.92 Å². The average Bonchev–Trinajstić information content (AvgIpc) is 1.64. The molecule has 0 bridgehead atoms.